The Kier molecular flexibility index (Phi) is 4.16. The molecule has 1 heterocycles. The van der Waals surface area contributed by atoms with Crippen LogP contribution in [0.4, 0.5) is 0 Å². The fraction of sp³-hybridized carbons (Fsp3) is 0.556. The summed E-state index contributed by atoms with van der Waals surface area (Å²) in [5, 5.41) is 0. The first-order valence-electron chi connectivity index (χ1n) is 7.66. The number of fused-ring (bicyclic) bond motifs is 1. The summed E-state index contributed by atoms with van der Waals surface area (Å²) in [7, 11) is 0. The topological polar surface area (TPSA) is 31.0 Å². The predicted molar refractivity (Wildman–Crippen MR) is 81.8 cm³/mol. The average molecular weight is 288 g/mol. The van der Waals surface area contributed by atoms with Gasteiger partial charge in [-0.05, 0) is 38.2 Å². The summed E-state index contributed by atoms with van der Waals surface area (Å²) in [5.41, 5.74) is 2.28. The maximum atomic E-state index is 5.95. The van der Waals surface area contributed by atoms with Crippen molar-refractivity contribution in [3.8, 4) is 0 Å². The van der Waals surface area contributed by atoms with E-state index in [9.17, 15) is 0 Å². The van der Waals surface area contributed by atoms with E-state index in [1.165, 1.54) is 5.57 Å². The molecular formula is C18H24O3. The van der Waals surface area contributed by atoms with E-state index in [4.69, 9.17) is 14.2 Å². The summed E-state index contributed by atoms with van der Waals surface area (Å²) in [6, 6.07) is 10.1. The summed E-state index contributed by atoms with van der Waals surface area (Å²) in [6.07, 6.45) is 2.49. The fourth-order valence-corrected chi connectivity index (χ4v) is 3.18. The Hall–Kier alpha value is -1.16. The molecule has 0 spiro atoms. The van der Waals surface area contributed by atoms with E-state index < -0.39 is 0 Å². The highest BCUT2D eigenvalue weighted by atomic mass is 16.7. The molecule has 3 heteroatoms. The van der Waals surface area contributed by atoms with E-state index in [-0.39, 0.29) is 11.7 Å². The predicted octanol–water partition coefficient (Wildman–Crippen LogP) is 3.69. The van der Waals surface area contributed by atoms with Gasteiger partial charge in [-0.25, -0.2) is 0 Å². The second kappa shape index (κ2) is 5.91. The Morgan fingerprint density at radius 2 is 2.10 bits per heavy atom. The smallest absolute Gasteiger partial charge is 0.147 e. The van der Waals surface area contributed by atoms with Gasteiger partial charge in [0.25, 0.3) is 0 Å². The molecule has 3 rings (SSSR count). The molecule has 1 aliphatic heterocycles. The van der Waals surface area contributed by atoms with Crippen LogP contribution in [0, 0.1) is 5.92 Å². The van der Waals surface area contributed by atoms with Crippen LogP contribution >= 0.6 is 0 Å². The molecule has 3 nitrogen and oxygen atoms in total. The first kappa shape index (κ1) is 14.8. The fourth-order valence-electron chi connectivity index (χ4n) is 3.18. The minimum Gasteiger partial charge on any atom is -0.364 e. The number of epoxide rings is 1. The monoisotopic (exact) mass is 288 g/mol. The lowest BCUT2D eigenvalue weighted by molar-refractivity contribution is -0.122. The van der Waals surface area contributed by atoms with E-state index in [1.54, 1.807) is 0 Å². The van der Waals surface area contributed by atoms with Crippen LogP contribution in [0.5, 0.6) is 0 Å². The molecule has 1 aromatic rings. The van der Waals surface area contributed by atoms with Crippen molar-refractivity contribution in [2.24, 2.45) is 5.92 Å². The van der Waals surface area contributed by atoms with Crippen LogP contribution in [0.25, 0.3) is 0 Å². The number of benzene rings is 1. The maximum Gasteiger partial charge on any atom is 0.147 e. The molecule has 1 aliphatic carbocycles. The molecule has 2 fully saturated rings. The number of rotatable bonds is 6. The van der Waals surface area contributed by atoms with E-state index in [1.807, 2.05) is 18.2 Å². The molecule has 2 aliphatic rings. The highest BCUT2D eigenvalue weighted by Crippen LogP contribution is 2.51. The van der Waals surface area contributed by atoms with E-state index in [2.05, 4.69) is 32.6 Å². The summed E-state index contributed by atoms with van der Waals surface area (Å²) < 4.78 is 17.4. The normalized spacial score (nSPS) is 34.3. The third-order valence-corrected chi connectivity index (χ3v) is 4.78. The SMILES string of the molecule is C=C(C)[C@@H]1C[C@@H]2O[C@]2(C)[C@H](OCOCc2ccccc2)C1. The van der Waals surface area contributed by atoms with Crippen molar-refractivity contribution in [1.82, 2.24) is 0 Å². The van der Waals surface area contributed by atoms with Crippen LogP contribution in [0.2, 0.25) is 0 Å². The summed E-state index contributed by atoms with van der Waals surface area (Å²) in [5.74, 6) is 0.504. The molecular weight excluding hydrogens is 264 g/mol. The van der Waals surface area contributed by atoms with Crippen molar-refractivity contribution in [3.63, 3.8) is 0 Å². The van der Waals surface area contributed by atoms with Gasteiger partial charge in [-0.2, -0.15) is 0 Å². The van der Waals surface area contributed by atoms with Gasteiger partial charge in [0.1, 0.15) is 12.4 Å². The Morgan fingerprint density at radius 1 is 1.33 bits per heavy atom. The number of hydrogen-bond acceptors (Lipinski definition) is 3. The maximum absolute atomic E-state index is 5.95. The second-order valence-corrected chi connectivity index (χ2v) is 6.41. The third kappa shape index (κ3) is 3.20. The third-order valence-electron chi connectivity index (χ3n) is 4.78. The first-order valence-corrected chi connectivity index (χ1v) is 7.66. The molecule has 0 unspecified atom stereocenters. The average Bonchev–Trinajstić information content (AvgIpc) is 3.16. The highest BCUT2D eigenvalue weighted by molar-refractivity contribution is 5.15. The van der Waals surface area contributed by atoms with Gasteiger partial charge < -0.3 is 14.2 Å². The Bertz CT molecular complexity index is 498. The Balaban J connectivity index is 1.47. The lowest BCUT2D eigenvalue weighted by Gasteiger charge is -2.31. The molecule has 1 aromatic carbocycles. The lowest BCUT2D eigenvalue weighted by Crippen LogP contribution is -2.39. The van der Waals surface area contributed by atoms with Gasteiger partial charge >= 0.3 is 0 Å². The van der Waals surface area contributed by atoms with Crippen molar-refractivity contribution in [1.29, 1.82) is 0 Å². The zero-order chi connectivity index (χ0) is 14.9. The molecule has 0 radical (unpaired) electrons. The van der Waals surface area contributed by atoms with E-state index >= 15 is 0 Å². The van der Waals surface area contributed by atoms with Crippen molar-refractivity contribution in [3.05, 3.63) is 48.0 Å². The van der Waals surface area contributed by atoms with Crippen LogP contribution in [-0.2, 0) is 20.8 Å². The molecule has 21 heavy (non-hydrogen) atoms. The number of allylic oxidation sites excluding steroid dienone is 1. The van der Waals surface area contributed by atoms with Crippen molar-refractivity contribution >= 4 is 0 Å². The van der Waals surface area contributed by atoms with Gasteiger partial charge in [0.15, 0.2) is 0 Å². The standard InChI is InChI=1S/C18H24O3/c1-13(2)15-9-16(18(3)17(10-15)21-18)20-12-19-11-14-7-5-4-6-8-14/h4-8,15-17H,1,9-12H2,2-3H3/t15-,16+,17-,18+/m0/s1. The highest BCUT2D eigenvalue weighted by Gasteiger charge is 2.61. The molecule has 1 saturated carbocycles. The van der Waals surface area contributed by atoms with Gasteiger partial charge in [0, 0.05) is 0 Å². The molecule has 1 saturated heterocycles. The van der Waals surface area contributed by atoms with Crippen LogP contribution < -0.4 is 0 Å². The van der Waals surface area contributed by atoms with Crippen LogP contribution in [0.1, 0.15) is 32.3 Å². The van der Waals surface area contributed by atoms with E-state index in [0.717, 1.165) is 18.4 Å². The molecule has 0 aromatic heterocycles. The number of ether oxygens (including phenoxy) is 3. The first-order chi connectivity index (χ1) is 10.1. The molecule has 0 amide bonds. The Labute approximate surface area is 126 Å². The Morgan fingerprint density at radius 3 is 2.81 bits per heavy atom. The van der Waals surface area contributed by atoms with Gasteiger partial charge in [-0.3, -0.25) is 0 Å². The largest absolute Gasteiger partial charge is 0.364 e. The minimum atomic E-state index is -0.109. The van der Waals surface area contributed by atoms with Crippen molar-refractivity contribution in [2.45, 2.75) is 51.1 Å². The quantitative estimate of drug-likeness (QED) is 0.346. The minimum absolute atomic E-state index is 0.105. The van der Waals surface area contributed by atoms with Gasteiger partial charge in [-0.15, -0.1) is 0 Å². The van der Waals surface area contributed by atoms with Gasteiger partial charge in [0.05, 0.1) is 18.8 Å². The molecule has 114 valence electrons. The molecule has 0 bridgehead atoms. The van der Waals surface area contributed by atoms with E-state index in [0.29, 0.717) is 25.4 Å². The summed E-state index contributed by atoms with van der Waals surface area (Å²) in [4.78, 5) is 0. The zero-order valence-corrected chi connectivity index (χ0v) is 12.9. The number of hydrogen-bond donors (Lipinski definition) is 0. The van der Waals surface area contributed by atoms with Crippen molar-refractivity contribution < 1.29 is 14.2 Å². The molecule has 4 atom stereocenters. The van der Waals surface area contributed by atoms with Gasteiger partial charge in [0.2, 0.25) is 0 Å². The zero-order valence-electron chi connectivity index (χ0n) is 12.9. The summed E-state index contributed by atoms with van der Waals surface area (Å²) in [6.45, 7) is 9.22. The van der Waals surface area contributed by atoms with Crippen LogP contribution in [-0.4, -0.2) is 24.6 Å². The van der Waals surface area contributed by atoms with Crippen LogP contribution in [0.15, 0.2) is 42.5 Å². The second-order valence-electron chi connectivity index (χ2n) is 6.41. The summed E-state index contributed by atoms with van der Waals surface area (Å²) >= 11 is 0. The van der Waals surface area contributed by atoms with Crippen LogP contribution in [0.3, 0.4) is 0 Å². The molecule has 0 N–H and O–H groups in total. The lowest BCUT2D eigenvalue weighted by atomic mass is 9.78. The van der Waals surface area contributed by atoms with Crippen molar-refractivity contribution in [2.75, 3.05) is 6.79 Å². The van der Waals surface area contributed by atoms with Gasteiger partial charge in [-0.1, -0.05) is 42.5 Å².